The molecule has 0 fully saturated rings. The van der Waals surface area contributed by atoms with E-state index in [1.807, 2.05) is 22.9 Å². The summed E-state index contributed by atoms with van der Waals surface area (Å²) in [6, 6.07) is 8.92. The van der Waals surface area contributed by atoms with Crippen molar-refractivity contribution in [3.05, 3.63) is 100 Å². The fraction of sp³-hybridized carbons (Fsp3) is 0.231. The van der Waals surface area contributed by atoms with E-state index in [9.17, 15) is 13.9 Å². The molecule has 0 unspecified atom stereocenters. The van der Waals surface area contributed by atoms with Gasteiger partial charge in [-0.15, -0.1) is 0 Å². The number of hydrogen-bond donors (Lipinski definition) is 1. The first-order chi connectivity index (χ1) is 17.0. The number of oxazole rings is 1. The van der Waals surface area contributed by atoms with Crippen molar-refractivity contribution < 1.29 is 23.0 Å². The molecule has 0 saturated heterocycles. The quantitative estimate of drug-likeness (QED) is 0.254. The fourth-order valence-electron chi connectivity index (χ4n) is 3.53. The molecule has 0 aliphatic heterocycles. The van der Waals surface area contributed by atoms with Gasteiger partial charge in [0.15, 0.2) is 0 Å². The van der Waals surface area contributed by atoms with Crippen LogP contribution in [0.3, 0.4) is 0 Å². The van der Waals surface area contributed by atoms with E-state index in [0.717, 1.165) is 37.4 Å². The normalized spacial score (nSPS) is 11.4. The van der Waals surface area contributed by atoms with Gasteiger partial charge in [-0.1, -0.05) is 17.7 Å². The van der Waals surface area contributed by atoms with E-state index >= 15 is 0 Å². The van der Waals surface area contributed by atoms with Gasteiger partial charge in [0.1, 0.15) is 48.4 Å². The molecule has 182 valence electrons. The number of benzene rings is 2. The summed E-state index contributed by atoms with van der Waals surface area (Å²) in [5.74, 6) is 0.263. The molecule has 0 amide bonds. The van der Waals surface area contributed by atoms with Crippen LogP contribution in [0.15, 0.2) is 59.5 Å². The average molecular weight is 500 g/mol. The molecule has 0 bridgehead atoms. The first kappa shape index (κ1) is 24.6. The molecule has 4 rings (SSSR count). The Hall–Kier alpha value is -3.49. The van der Waals surface area contributed by atoms with Crippen LogP contribution in [0.2, 0.25) is 5.02 Å². The second kappa shape index (κ2) is 11.8. The number of imidazole rings is 1. The van der Waals surface area contributed by atoms with Gasteiger partial charge in [-0.3, -0.25) is 0 Å². The Labute approximate surface area is 206 Å². The minimum Gasteiger partial charge on any atom is -0.487 e. The van der Waals surface area contributed by atoms with Gasteiger partial charge >= 0.3 is 0 Å². The Bertz CT molecular complexity index is 1300. The maximum Gasteiger partial charge on any atom is 0.218 e. The summed E-state index contributed by atoms with van der Waals surface area (Å²) in [5, 5.41) is 9.89. The number of aryl methyl sites for hydroxylation is 2. The number of hydrogen-bond acceptors (Lipinski definition) is 5. The summed E-state index contributed by atoms with van der Waals surface area (Å²) in [6.45, 7) is 0.904. The van der Waals surface area contributed by atoms with Crippen molar-refractivity contribution in [2.75, 3.05) is 0 Å². The summed E-state index contributed by atoms with van der Waals surface area (Å²) in [4.78, 5) is 8.38. The molecule has 2 heterocycles. The minimum absolute atomic E-state index is 0.0668. The van der Waals surface area contributed by atoms with Crippen LogP contribution in [0.1, 0.15) is 41.4 Å². The van der Waals surface area contributed by atoms with Crippen molar-refractivity contribution >= 4 is 23.8 Å². The molecule has 0 aliphatic carbocycles. The Balaban J connectivity index is 1.25. The molecule has 1 N–H and O–H groups in total. The molecule has 4 aromatic rings. The van der Waals surface area contributed by atoms with Crippen LogP contribution < -0.4 is 4.74 Å². The molecule has 2 aromatic heterocycles. The van der Waals surface area contributed by atoms with E-state index in [-0.39, 0.29) is 24.7 Å². The summed E-state index contributed by atoms with van der Waals surface area (Å²) in [6.07, 6.45) is 10.7. The third-order valence-electron chi connectivity index (χ3n) is 5.39. The number of aromatic nitrogens is 3. The van der Waals surface area contributed by atoms with E-state index in [4.69, 9.17) is 20.8 Å². The lowest BCUT2D eigenvalue weighted by molar-refractivity contribution is 0.264. The first-order valence-electron chi connectivity index (χ1n) is 11.1. The van der Waals surface area contributed by atoms with Crippen molar-refractivity contribution in [3.63, 3.8) is 0 Å². The molecule has 2 aromatic carbocycles. The highest BCUT2D eigenvalue weighted by molar-refractivity contribution is 6.31. The van der Waals surface area contributed by atoms with E-state index in [1.165, 1.54) is 30.5 Å². The SMILES string of the molecule is OCc1nccn1CCCCc1ccc(OCc2coc(/C=C/c3ccc(F)cc3F)n2)cc1Cl. The summed E-state index contributed by atoms with van der Waals surface area (Å²) in [7, 11) is 0. The lowest BCUT2D eigenvalue weighted by atomic mass is 10.1. The molecule has 0 atom stereocenters. The fourth-order valence-corrected chi connectivity index (χ4v) is 3.80. The minimum atomic E-state index is -0.661. The maximum atomic E-state index is 13.7. The van der Waals surface area contributed by atoms with Crippen LogP contribution >= 0.6 is 11.6 Å². The molecule has 6 nitrogen and oxygen atoms in total. The predicted octanol–water partition coefficient (Wildman–Crippen LogP) is 6.07. The van der Waals surface area contributed by atoms with Gasteiger partial charge in [0.25, 0.3) is 0 Å². The molecule has 35 heavy (non-hydrogen) atoms. The molecule has 0 aliphatic rings. The molecule has 0 saturated carbocycles. The van der Waals surface area contributed by atoms with Gasteiger partial charge in [0.2, 0.25) is 5.89 Å². The van der Waals surface area contributed by atoms with E-state index in [2.05, 4.69) is 9.97 Å². The van der Waals surface area contributed by atoms with Crippen molar-refractivity contribution in [1.82, 2.24) is 14.5 Å². The number of aliphatic hydroxyl groups excluding tert-OH is 1. The number of ether oxygens (including phenoxy) is 1. The molecule has 9 heteroatoms. The van der Waals surface area contributed by atoms with Crippen LogP contribution in [0.5, 0.6) is 5.75 Å². The Kier molecular flexibility index (Phi) is 8.28. The molecule has 0 radical (unpaired) electrons. The van der Waals surface area contributed by atoms with Gasteiger partial charge in [-0.05, 0) is 55.2 Å². The smallest absolute Gasteiger partial charge is 0.218 e. The van der Waals surface area contributed by atoms with Gasteiger partial charge in [0.05, 0.1) is 0 Å². The second-order valence-corrected chi connectivity index (χ2v) is 8.28. The second-order valence-electron chi connectivity index (χ2n) is 7.87. The van der Waals surface area contributed by atoms with Crippen LogP contribution in [-0.2, 0) is 26.2 Å². The molecular weight excluding hydrogens is 476 g/mol. The number of unbranched alkanes of at least 4 members (excludes halogenated alkanes) is 1. The molecule has 0 spiro atoms. The zero-order valence-electron chi connectivity index (χ0n) is 18.8. The average Bonchev–Trinajstić information content (AvgIpc) is 3.50. The Morgan fingerprint density at radius 1 is 1.11 bits per heavy atom. The zero-order valence-corrected chi connectivity index (χ0v) is 19.6. The lowest BCUT2D eigenvalue weighted by Crippen LogP contribution is -2.03. The summed E-state index contributed by atoms with van der Waals surface area (Å²) in [5.41, 5.74) is 1.83. The maximum absolute atomic E-state index is 13.7. The third-order valence-corrected chi connectivity index (χ3v) is 5.74. The number of rotatable bonds is 11. The Morgan fingerprint density at radius 3 is 2.80 bits per heavy atom. The highest BCUT2D eigenvalue weighted by Crippen LogP contribution is 2.25. The lowest BCUT2D eigenvalue weighted by Gasteiger charge is -2.09. The zero-order chi connectivity index (χ0) is 24.6. The van der Waals surface area contributed by atoms with E-state index < -0.39 is 11.6 Å². The highest BCUT2D eigenvalue weighted by atomic mass is 35.5. The Morgan fingerprint density at radius 2 is 2.00 bits per heavy atom. The topological polar surface area (TPSA) is 73.3 Å². The van der Waals surface area contributed by atoms with Crippen molar-refractivity contribution in [2.45, 2.75) is 39.0 Å². The van der Waals surface area contributed by atoms with Crippen LogP contribution in [0, 0.1) is 11.6 Å². The van der Waals surface area contributed by atoms with Crippen molar-refractivity contribution in [1.29, 1.82) is 0 Å². The summed E-state index contributed by atoms with van der Waals surface area (Å²) < 4.78 is 39.8. The monoisotopic (exact) mass is 499 g/mol. The van der Waals surface area contributed by atoms with Crippen LogP contribution in [0.25, 0.3) is 12.2 Å². The number of nitrogens with zero attached hydrogens (tertiary/aromatic N) is 3. The van der Waals surface area contributed by atoms with Gasteiger partial charge < -0.3 is 18.8 Å². The van der Waals surface area contributed by atoms with Gasteiger partial charge in [0, 0.05) is 41.7 Å². The van der Waals surface area contributed by atoms with E-state index in [1.54, 1.807) is 12.3 Å². The van der Waals surface area contributed by atoms with Crippen molar-refractivity contribution in [3.8, 4) is 5.75 Å². The van der Waals surface area contributed by atoms with E-state index in [0.29, 0.717) is 22.3 Å². The first-order valence-corrected chi connectivity index (χ1v) is 11.5. The predicted molar refractivity (Wildman–Crippen MR) is 129 cm³/mol. The van der Waals surface area contributed by atoms with Gasteiger partial charge in [-0.25, -0.2) is 18.7 Å². The number of halogens is 3. The largest absolute Gasteiger partial charge is 0.487 e. The van der Waals surface area contributed by atoms with Crippen LogP contribution in [-0.4, -0.2) is 19.6 Å². The highest BCUT2D eigenvalue weighted by Gasteiger charge is 2.07. The standard InChI is InChI=1S/C26H24ClF2N3O3/c27-23-14-22(8-5-18(23)3-1-2-11-32-12-10-30-25(32)15-33)34-16-21-17-35-26(31-21)9-6-19-4-7-20(28)13-24(19)29/h4-10,12-14,17,33H,1-3,11,15-16H2/b9-6+. The van der Waals surface area contributed by atoms with Crippen LogP contribution in [0.4, 0.5) is 8.78 Å². The summed E-state index contributed by atoms with van der Waals surface area (Å²) >= 11 is 6.44. The third kappa shape index (κ3) is 6.77. The van der Waals surface area contributed by atoms with Crippen molar-refractivity contribution in [2.24, 2.45) is 0 Å². The van der Waals surface area contributed by atoms with Gasteiger partial charge in [-0.2, -0.15) is 0 Å². The molecular formula is C26H24ClF2N3O3. The number of aliphatic hydroxyl groups is 1.